The lowest BCUT2D eigenvalue weighted by atomic mass is 9.55. The molecule has 0 spiro atoms. The average molecular weight is 830 g/mol. The van der Waals surface area contributed by atoms with Crippen LogP contribution in [-0.2, 0) is 24.4 Å². The maximum atomic E-state index is 14.7. The fourth-order valence-electron chi connectivity index (χ4n) is 8.94. The first-order valence-corrected chi connectivity index (χ1v) is 21.7. The van der Waals surface area contributed by atoms with Gasteiger partial charge in [0.25, 0.3) is 0 Å². The van der Waals surface area contributed by atoms with Gasteiger partial charge in [0.1, 0.15) is 30.1 Å². The molecular weight excluding hydrogens is 775 g/mol. The van der Waals surface area contributed by atoms with E-state index in [9.17, 15) is 28.2 Å². The minimum absolute atomic E-state index is 0.0141. The molecule has 1 aliphatic heterocycles. The average Bonchev–Trinajstić information content (AvgIpc) is 3.23. The summed E-state index contributed by atoms with van der Waals surface area (Å²) in [4.78, 5) is 29.1. The summed E-state index contributed by atoms with van der Waals surface area (Å²) in [5, 5.41) is 27.0. The number of aliphatic hydroxyl groups excluding tert-OH is 2. The quantitative estimate of drug-likeness (QED) is 0.0457. The number of benzene rings is 3. The van der Waals surface area contributed by atoms with E-state index in [4.69, 9.17) is 19.0 Å². The first kappa shape index (κ1) is 43.7. The zero-order valence-corrected chi connectivity index (χ0v) is 34.7. The van der Waals surface area contributed by atoms with E-state index in [1.165, 1.54) is 30.4 Å². The van der Waals surface area contributed by atoms with Gasteiger partial charge in [-0.05, 0) is 105 Å². The van der Waals surface area contributed by atoms with Crippen molar-refractivity contribution in [3.8, 4) is 17.2 Å². The molecule has 3 aromatic rings. The van der Waals surface area contributed by atoms with Gasteiger partial charge in [-0.3, -0.25) is 9.59 Å². The van der Waals surface area contributed by atoms with Gasteiger partial charge < -0.3 is 34.6 Å². The molecule has 1 fully saturated rings. The Morgan fingerprint density at radius 2 is 1.76 bits per heavy atom. The summed E-state index contributed by atoms with van der Waals surface area (Å²) in [6.45, 7) is 7.61. The number of fused-ring (bicyclic) bond motifs is 2. The van der Waals surface area contributed by atoms with E-state index in [1.54, 1.807) is 48.5 Å². The Kier molecular flexibility index (Phi) is 14.4. The Morgan fingerprint density at radius 1 is 1.03 bits per heavy atom. The number of hydrogen-bond acceptors (Lipinski definition) is 11. The third-order valence-corrected chi connectivity index (χ3v) is 13.3. The second kappa shape index (κ2) is 19.5. The molecular formula is C45H55N3O10S. The van der Waals surface area contributed by atoms with Gasteiger partial charge >= 0.3 is 0 Å². The molecule has 3 aliphatic rings. The van der Waals surface area contributed by atoms with Crippen LogP contribution < -0.4 is 14.8 Å². The number of sulfonamides is 1. The minimum Gasteiger partial charge on any atom is -0.460 e. The van der Waals surface area contributed by atoms with E-state index in [0.29, 0.717) is 47.1 Å². The third kappa shape index (κ3) is 9.32. The number of likely N-dealkylation sites (N-methyl/N-ethyl adjacent to an activating group) is 1. The highest BCUT2D eigenvalue weighted by atomic mass is 32.2. The van der Waals surface area contributed by atoms with E-state index in [0.717, 1.165) is 43.1 Å². The van der Waals surface area contributed by atoms with Crippen molar-refractivity contribution < 1.29 is 47.3 Å². The summed E-state index contributed by atoms with van der Waals surface area (Å²) >= 11 is 0. The normalized spacial score (nSPS) is 24.0. The summed E-state index contributed by atoms with van der Waals surface area (Å²) in [6, 6.07) is 17.5. The monoisotopic (exact) mass is 829 g/mol. The number of ether oxygens (including phenoxy) is 3. The van der Waals surface area contributed by atoms with Gasteiger partial charge in [-0.2, -0.15) is 4.31 Å². The standard InChI is InChI=1S/C45H55N3O10S/c1-5-24-55-45-42(48(4)59(53,54)36-19-16-33(17-20-36)46-30(3)52)28-40(47-56-6-2)38-26-32(13-7-9-22-49)37(15-8-10-23-50)43(44(38)45)39-27-35(18-21-41(39)58-45)57-34-14-11-12-31(25-34)29-51/h5,11-12,14,16-21,25-27,29,32,37,42-44,49-50H,1,6-10,13,15,22-24,28H2,2-4H3,(H,46,52)/t32-,37+,42-,43+,44+,45+/m0/s1. The van der Waals surface area contributed by atoms with Crippen LogP contribution in [-0.4, -0.2) is 86.1 Å². The lowest BCUT2D eigenvalue weighted by Gasteiger charge is -2.59. The van der Waals surface area contributed by atoms with Crippen molar-refractivity contribution >= 4 is 33.6 Å². The SMILES string of the molecule is C=CCO[C@@]12Oc3ccc(Oc4cccc(C=O)c4)cc3[C@H]3[C@H](CCCCO)[C@@H](CCCCO)C=C(C(=NOCC)C[C@@H]1N(C)S(=O)(=O)c1ccc(NC(C)=O)cc1)[C@H]32. The summed E-state index contributed by atoms with van der Waals surface area (Å²) < 4.78 is 51.1. The predicted molar refractivity (Wildman–Crippen MR) is 224 cm³/mol. The fourth-order valence-corrected chi connectivity index (χ4v) is 10.3. The molecule has 14 heteroatoms. The van der Waals surface area contributed by atoms with Gasteiger partial charge in [0.2, 0.25) is 21.7 Å². The number of anilines is 1. The molecule has 6 atom stereocenters. The molecule has 0 unspecified atom stereocenters. The van der Waals surface area contributed by atoms with Crippen molar-refractivity contribution in [1.29, 1.82) is 0 Å². The van der Waals surface area contributed by atoms with Crippen LogP contribution in [0.4, 0.5) is 5.69 Å². The van der Waals surface area contributed by atoms with Gasteiger partial charge in [-0.1, -0.05) is 42.3 Å². The second-order valence-electron chi connectivity index (χ2n) is 15.2. The molecule has 1 amide bonds. The number of allylic oxidation sites excluding steroid dienone is 1. The van der Waals surface area contributed by atoms with Crippen LogP contribution >= 0.6 is 0 Å². The van der Waals surface area contributed by atoms with Crippen LogP contribution in [0.3, 0.4) is 0 Å². The van der Waals surface area contributed by atoms with Crippen molar-refractivity contribution in [2.45, 2.75) is 81.4 Å². The van der Waals surface area contributed by atoms with Crippen molar-refractivity contribution in [3.63, 3.8) is 0 Å². The van der Waals surface area contributed by atoms with Crippen molar-refractivity contribution in [3.05, 3.63) is 102 Å². The largest absolute Gasteiger partial charge is 0.460 e. The predicted octanol–water partition coefficient (Wildman–Crippen LogP) is 7.22. The van der Waals surface area contributed by atoms with Crippen LogP contribution in [0.2, 0.25) is 0 Å². The lowest BCUT2D eigenvalue weighted by molar-refractivity contribution is -0.250. The van der Waals surface area contributed by atoms with Gasteiger partial charge in [0, 0.05) is 56.3 Å². The minimum atomic E-state index is -4.22. The van der Waals surface area contributed by atoms with Crippen LogP contribution in [0.1, 0.15) is 80.6 Å². The van der Waals surface area contributed by atoms with Crippen LogP contribution in [0.25, 0.3) is 0 Å². The highest BCUT2D eigenvalue weighted by Crippen LogP contribution is 2.62. The zero-order valence-electron chi connectivity index (χ0n) is 33.9. The molecule has 0 aromatic heterocycles. The molecule has 13 nitrogen and oxygen atoms in total. The summed E-state index contributed by atoms with van der Waals surface area (Å²) in [7, 11) is -2.70. The summed E-state index contributed by atoms with van der Waals surface area (Å²) in [5.74, 6) is -1.30. The highest BCUT2D eigenvalue weighted by Gasteiger charge is 2.65. The molecule has 0 radical (unpaired) electrons. The molecule has 0 bridgehead atoms. The maximum absolute atomic E-state index is 14.7. The second-order valence-corrected chi connectivity index (χ2v) is 17.2. The molecule has 0 saturated heterocycles. The molecule has 3 aromatic carbocycles. The fraction of sp³-hybridized carbons (Fsp3) is 0.444. The number of hydrogen-bond donors (Lipinski definition) is 3. The van der Waals surface area contributed by atoms with Crippen molar-refractivity contribution in [2.24, 2.45) is 22.9 Å². The summed E-state index contributed by atoms with van der Waals surface area (Å²) in [6.07, 6.45) is 8.97. The number of carbonyl (C=O) groups is 2. The van der Waals surface area contributed by atoms with Gasteiger partial charge in [0.15, 0.2) is 0 Å². The van der Waals surface area contributed by atoms with E-state index < -0.39 is 27.8 Å². The Bertz CT molecular complexity index is 2140. The zero-order chi connectivity index (χ0) is 42.2. The van der Waals surface area contributed by atoms with Gasteiger partial charge in [-0.15, -0.1) is 6.58 Å². The van der Waals surface area contributed by atoms with Gasteiger partial charge in [0.05, 0.1) is 29.2 Å². The number of oxime groups is 1. The first-order chi connectivity index (χ1) is 28.5. The molecule has 316 valence electrons. The topological polar surface area (TPSA) is 173 Å². The van der Waals surface area contributed by atoms with Crippen LogP contribution in [0.5, 0.6) is 17.2 Å². The molecule has 6 rings (SSSR count). The molecule has 1 heterocycles. The number of nitrogens with one attached hydrogen (secondary N) is 1. The number of nitrogens with zero attached hydrogens (tertiary/aromatic N) is 2. The Balaban J connectivity index is 1.57. The smallest absolute Gasteiger partial charge is 0.243 e. The van der Waals surface area contributed by atoms with E-state index in [1.807, 2.05) is 19.1 Å². The Labute approximate surface area is 346 Å². The summed E-state index contributed by atoms with van der Waals surface area (Å²) in [5.41, 5.74) is 3.21. The number of carbonyl (C=O) groups excluding carboxylic acids is 2. The number of rotatable bonds is 20. The third-order valence-electron chi connectivity index (χ3n) is 11.5. The van der Waals surface area contributed by atoms with Crippen molar-refractivity contribution in [1.82, 2.24) is 4.31 Å². The molecule has 3 N–H and O–H groups in total. The maximum Gasteiger partial charge on any atom is 0.243 e. The number of aldehydes is 1. The van der Waals surface area contributed by atoms with E-state index in [-0.39, 0.29) is 61.4 Å². The van der Waals surface area contributed by atoms with Crippen molar-refractivity contribution in [2.75, 3.05) is 38.8 Å². The molecule has 2 aliphatic carbocycles. The number of unbranched alkanes of at least 4 members (excludes halogenated alkanes) is 2. The first-order valence-electron chi connectivity index (χ1n) is 20.3. The van der Waals surface area contributed by atoms with E-state index in [2.05, 4.69) is 23.1 Å². The molecule has 59 heavy (non-hydrogen) atoms. The lowest BCUT2D eigenvalue weighted by Crippen LogP contribution is -2.69. The van der Waals surface area contributed by atoms with Gasteiger partial charge in [-0.25, -0.2) is 8.42 Å². The number of aliphatic hydroxyl groups is 2. The van der Waals surface area contributed by atoms with E-state index >= 15 is 0 Å². The molecule has 1 saturated carbocycles. The highest BCUT2D eigenvalue weighted by molar-refractivity contribution is 7.89. The van der Waals surface area contributed by atoms with Crippen LogP contribution in [0, 0.1) is 17.8 Å². The Morgan fingerprint density at radius 3 is 2.44 bits per heavy atom. The van der Waals surface area contributed by atoms with Crippen LogP contribution in [0.15, 0.2) is 101 Å². The number of amides is 1. The Hall–Kier alpha value is -4.86.